The Bertz CT molecular complexity index is 586. The molecule has 0 N–H and O–H groups in total. The Labute approximate surface area is 138 Å². The van der Waals surface area contributed by atoms with Gasteiger partial charge in [-0.3, -0.25) is 4.79 Å². The standard InChI is InChI=1S/C18H28N4O/c1-13(2)9-22-12-19-20-16(22)15-10-21(11-18(15)7-4-8-18)17(23)14-5-3-6-14/h12-15H,3-11H2,1-2H3. The van der Waals surface area contributed by atoms with Crippen LogP contribution in [0.25, 0.3) is 0 Å². The number of aromatic nitrogens is 3. The number of hydrogen-bond donors (Lipinski definition) is 0. The number of amides is 1. The summed E-state index contributed by atoms with van der Waals surface area (Å²) in [5.74, 6) is 2.78. The van der Waals surface area contributed by atoms with Crippen LogP contribution in [-0.2, 0) is 11.3 Å². The summed E-state index contributed by atoms with van der Waals surface area (Å²) in [7, 11) is 0. The number of carbonyl (C=O) groups is 1. The molecule has 1 aromatic rings. The molecule has 1 aromatic heterocycles. The first-order valence-corrected chi connectivity index (χ1v) is 9.25. The van der Waals surface area contributed by atoms with Crippen LogP contribution >= 0.6 is 0 Å². The number of rotatable bonds is 4. The van der Waals surface area contributed by atoms with Crippen LogP contribution < -0.4 is 0 Å². The Kier molecular flexibility index (Phi) is 3.69. The summed E-state index contributed by atoms with van der Waals surface area (Å²) in [4.78, 5) is 14.9. The molecule has 1 unspecified atom stereocenters. The lowest BCUT2D eigenvalue weighted by atomic mass is 9.62. The van der Waals surface area contributed by atoms with Gasteiger partial charge in [0.05, 0.1) is 0 Å². The molecule has 0 bridgehead atoms. The molecule has 5 heteroatoms. The highest BCUT2D eigenvalue weighted by atomic mass is 16.2. The van der Waals surface area contributed by atoms with Crippen molar-refractivity contribution >= 4 is 5.91 Å². The third-order valence-corrected chi connectivity index (χ3v) is 6.28. The summed E-state index contributed by atoms with van der Waals surface area (Å²) in [6.45, 7) is 7.22. The van der Waals surface area contributed by atoms with E-state index in [4.69, 9.17) is 0 Å². The zero-order valence-electron chi connectivity index (χ0n) is 14.4. The molecule has 5 nitrogen and oxygen atoms in total. The highest BCUT2D eigenvalue weighted by Gasteiger charge is 2.54. The summed E-state index contributed by atoms with van der Waals surface area (Å²) in [5, 5.41) is 8.66. The minimum Gasteiger partial charge on any atom is -0.341 e. The van der Waals surface area contributed by atoms with Crippen LogP contribution in [0, 0.1) is 17.3 Å². The van der Waals surface area contributed by atoms with Crippen molar-refractivity contribution in [3.8, 4) is 0 Å². The minimum atomic E-state index is 0.279. The molecule has 126 valence electrons. The van der Waals surface area contributed by atoms with Crippen LogP contribution in [0.1, 0.15) is 64.1 Å². The second kappa shape index (κ2) is 5.60. The molecule has 3 fully saturated rings. The van der Waals surface area contributed by atoms with E-state index in [1.807, 2.05) is 6.33 Å². The molecule has 1 aliphatic heterocycles. The van der Waals surface area contributed by atoms with Crippen LogP contribution in [0.3, 0.4) is 0 Å². The Balaban J connectivity index is 1.57. The molecular formula is C18H28N4O. The first kappa shape index (κ1) is 15.2. The van der Waals surface area contributed by atoms with Gasteiger partial charge in [-0.25, -0.2) is 0 Å². The van der Waals surface area contributed by atoms with Gasteiger partial charge in [0.25, 0.3) is 0 Å². The molecule has 23 heavy (non-hydrogen) atoms. The Morgan fingerprint density at radius 3 is 2.70 bits per heavy atom. The first-order valence-electron chi connectivity index (χ1n) is 9.25. The highest BCUT2D eigenvalue weighted by Crippen LogP contribution is 2.55. The molecule has 1 atom stereocenters. The fourth-order valence-electron chi connectivity index (χ4n) is 4.61. The lowest BCUT2D eigenvalue weighted by molar-refractivity contribution is -0.137. The molecule has 2 aliphatic carbocycles. The van der Waals surface area contributed by atoms with E-state index in [0.29, 0.717) is 23.7 Å². The van der Waals surface area contributed by atoms with Crippen molar-refractivity contribution in [2.75, 3.05) is 13.1 Å². The Morgan fingerprint density at radius 2 is 2.13 bits per heavy atom. The third kappa shape index (κ3) is 2.48. The van der Waals surface area contributed by atoms with Crippen molar-refractivity contribution in [1.29, 1.82) is 0 Å². The van der Waals surface area contributed by atoms with Crippen LogP contribution in [0.2, 0.25) is 0 Å². The monoisotopic (exact) mass is 316 g/mol. The van der Waals surface area contributed by atoms with Gasteiger partial charge in [0.15, 0.2) is 0 Å². The lowest BCUT2D eigenvalue weighted by Gasteiger charge is -2.42. The summed E-state index contributed by atoms with van der Waals surface area (Å²) < 4.78 is 2.23. The van der Waals surface area contributed by atoms with Crippen molar-refractivity contribution in [2.45, 2.75) is 64.8 Å². The zero-order valence-corrected chi connectivity index (χ0v) is 14.4. The average molecular weight is 316 g/mol. The van der Waals surface area contributed by atoms with Gasteiger partial charge in [0.2, 0.25) is 5.91 Å². The number of nitrogens with zero attached hydrogens (tertiary/aromatic N) is 4. The van der Waals surface area contributed by atoms with E-state index in [-0.39, 0.29) is 5.41 Å². The molecule has 2 saturated carbocycles. The van der Waals surface area contributed by atoms with E-state index in [1.165, 1.54) is 25.7 Å². The molecule has 2 heterocycles. The van der Waals surface area contributed by atoms with Crippen LogP contribution in [0.5, 0.6) is 0 Å². The quantitative estimate of drug-likeness (QED) is 0.858. The van der Waals surface area contributed by atoms with Gasteiger partial charge < -0.3 is 9.47 Å². The van der Waals surface area contributed by atoms with E-state index in [9.17, 15) is 4.79 Å². The van der Waals surface area contributed by atoms with Crippen molar-refractivity contribution in [3.05, 3.63) is 12.2 Å². The molecule has 3 aliphatic rings. The van der Waals surface area contributed by atoms with Crippen LogP contribution in [0.4, 0.5) is 0 Å². The maximum absolute atomic E-state index is 12.7. The first-order chi connectivity index (χ1) is 11.1. The molecule has 1 amide bonds. The predicted octanol–water partition coefficient (Wildman–Crippen LogP) is 2.83. The average Bonchev–Trinajstić information content (AvgIpc) is 2.98. The van der Waals surface area contributed by atoms with Gasteiger partial charge in [-0.05, 0) is 37.0 Å². The van der Waals surface area contributed by atoms with E-state index in [2.05, 4.69) is 33.5 Å². The molecule has 1 saturated heterocycles. The van der Waals surface area contributed by atoms with Gasteiger partial charge in [-0.2, -0.15) is 0 Å². The van der Waals surface area contributed by atoms with Crippen molar-refractivity contribution in [3.63, 3.8) is 0 Å². The van der Waals surface area contributed by atoms with Crippen LogP contribution in [-0.4, -0.2) is 38.7 Å². The fourth-order valence-corrected chi connectivity index (χ4v) is 4.61. The number of hydrogen-bond acceptors (Lipinski definition) is 3. The normalized spacial score (nSPS) is 26.6. The summed E-state index contributed by atoms with van der Waals surface area (Å²) in [5.41, 5.74) is 0.279. The zero-order chi connectivity index (χ0) is 16.0. The number of carbonyl (C=O) groups excluding carboxylic acids is 1. The largest absolute Gasteiger partial charge is 0.341 e. The fraction of sp³-hybridized carbons (Fsp3) is 0.833. The third-order valence-electron chi connectivity index (χ3n) is 6.28. The van der Waals surface area contributed by atoms with E-state index >= 15 is 0 Å². The maximum atomic E-state index is 12.7. The Morgan fingerprint density at radius 1 is 1.35 bits per heavy atom. The summed E-state index contributed by atoms with van der Waals surface area (Å²) >= 11 is 0. The highest BCUT2D eigenvalue weighted by molar-refractivity contribution is 5.80. The smallest absolute Gasteiger partial charge is 0.225 e. The van der Waals surface area contributed by atoms with E-state index in [0.717, 1.165) is 38.3 Å². The van der Waals surface area contributed by atoms with E-state index in [1.54, 1.807) is 0 Å². The second-order valence-corrected chi connectivity index (χ2v) is 8.35. The second-order valence-electron chi connectivity index (χ2n) is 8.35. The SMILES string of the molecule is CC(C)Cn1cnnc1C1CN(C(=O)C2CCC2)CC12CCC2. The van der Waals surface area contributed by atoms with Gasteiger partial charge in [-0.1, -0.05) is 26.7 Å². The van der Waals surface area contributed by atoms with Gasteiger partial charge in [0, 0.05) is 31.5 Å². The molecular weight excluding hydrogens is 288 g/mol. The molecule has 0 radical (unpaired) electrons. The molecule has 4 rings (SSSR count). The van der Waals surface area contributed by atoms with Crippen molar-refractivity contribution in [2.24, 2.45) is 17.3 Å². The van der Waals surface area contributed by atoms with Crippen LogP contribution in [0.15, 0.2) is 6.33 Å². The molecule has 1 spiro atoms. The topological polar surface area (TPSA) is 51.0 Å². The van der Waals surface area contributed by atoms with Gasteiger partial charge in [0.1, 0.15) is 12.2 Å². The van der Waals surface area contributed by atoms with Gasteiger partial charge >= 0.3 is 0 Å². The molecule has 0 aromatic carbocycles. The lowest BCUT2D eigenvalue weighted by Crippen LogP contribution is -2.41. The van der Waals surface area contributed by atoms with Gasteiger partial charge in [-0.15, -0.1) is 10.2 Å². The maximum Gasteiger partial charge on any atom is 0.225 e. The van der Waals surface area contributed by atoms with Crippen molar-refractivity contribution < 1.29 is 4.79 Å². The van der Waals surface area contributed by atoms with E-state index < -0.39 is 0 Å². The summed E-state index contributed by atoms with van der Waals surface area (Å²) in [6, 6.07) is 0. The van der Waals surface area contributed by atoms with Crippen molar-refractivity contribution in [1.82, 2.24) is 19.7 Å². The minimum absolute atomic E-state index is 0.279. The number of likely N-dealkylation sites (tertiary alicyclic amines) is 1. The predicted molar refractivity (Wildman–Crippen MR) is 87.8 cm³/mol. The summed E-state index contributed by atoms with van der Waals surface area (Å²) in [6.07, 6.45) is 9.05. The Hall–Kier alpha value is -1.39.